The zero-order valence-corrected chi connectivity index (χ0v) is 40.7. The van der Waals surface area contributed by atoms with Gasteiger partial charge in [0.15, 0.2) is 22.5 Å². The number of likely N-dealkylation sites (tertiary alicyclic amines) is 2. The van der Waals surface area contributed by atoms with Gasteiger partial charge >= 0.3 is 0 Å². The number of fused-ring (bicyclic) bond motifs is 3. The number of rotatable bonds is 12. The van der Waals surface area contributed by atoms with E-state index in [0.717, 1.165) is 86.6 Å². The largest absolute Gasteiger partial charge is 0.481 e. The van der Waals surface area contributed by atoms with Gasteiger partial charge in [0.2, 0.25) is 10.0 Å². The van der Waals surface area contributed by atoms with E-state index < -0.39 is 10.0 Å². The number of ether oxygens (including phenoxy) is 4. The standard InChI is InChI=1S/C31H31N5O4S.C21H23BrN4O2/c32-41(37,38)29-13-12-26(25-6-2-3-7-27(25)29)28-17-34-36-18-23(16-33-30(28)36)22-8-10-24(11-9-22)40-31(20-39-21-31)19-35-14-4-1-5-15-35;22-19-11-24-26-12-17(10-23-20(19)26)16-4-6-18(7-5-16)28-21(14-27-15-21)13-25-8-2-1-3-9-25/h2-3,6-13,16-18H,1,4-5,14-15,19-21H2,(H2,32,37,38);4-7,10-12H,1-3,8-9,13-15H2. The number of sulfonamides is 1. The fourth-order valence-electron chi connectivity index (χ4n) is 9.97. The minimum Gasteiger partial charge on any atom is -0.481 e. The van der Waals surface area contributed by atoms with Gasteiger partial charge in [-0.15, -0.1) is 0 Å². The van der Waals surface area contributed by atoms with Gasteiger partial charge in [-0.2, -0.15) is 10.2 Å². The fourth-order valence-corrected chi connectivity index (χ4v) is 11.1. The van der Waals surface area contributed by atoms with Crippen molar-refractivity contribution in [2.24, 2.45) is 5.14 Å². The molecule has 8 aromatic rings. The third kappa shape index (κ3) is 9.73. The molecule has 0 bridgehead atoms. The zero-order valence-electron chi connectivity index (χ0n) is 38.3. The maximum absolute atomic E-state index is 12.2. The normalized spacial score (nSPS) is 18.3. The molecule has 4 aromatic heterocycles. The van der Waals surface area contributed by atoms with Crippen LogP contribution in [0.3, 0.4) is 0 Å². The van der Waals surface area contributed by atoms with Gasteiger partial charge in [0.1, 0.15) is 11.5 Å². The van der Waals surface area contributed by atoms with Crippen molar-refractivity contribution in [1.29, 1.82) is 0 Å². The predicted octanol–water partition coefficient (Wildman–Crippen LogP) is 8.29. The summed E-state index contributed by atoms with van der Waals surface area (Å²) in [7, 11) is -3.87. The number of nitrogens with two attached hydrogens (primary N) is 1. The molecule has 0 aliphatic carbocycles. The fraction of sp³-hybridized carbons (Fsp3) is 0.346. The van der Waals surface area contributed by atoms with Gasteiger partial charge in [-0.1, -0.05) is 67.4 Å². The Bertz CT molecular complexity index is 3220. The van der Waals surface area contributed by atoms with E-state index in [0.29, 0.717) is 37.5 Å². The van der Waals surface area contributed by atoms with Crippen LogP contribution >= 0.6 is 15.9 Å². The SMILES string of the molecule is Brc1cnn2cc(-c3ccc(OC4(CN5CCCCC5)COC4)cc3)cnc12.NS(=O)(=O)c1ccc(-c2cnn3cc(-c4ccc(OC5(CN6CCCCC6)COC5)cc4)cnc23)c2ccccc12. The molecule has 0 saturated carbocycles. The first-order chi connectivity index (χ1) is 33.6. The highest BCUT2D eigenvalue weighted by atomic mass is 79.9. The number of benzene rings is 4. The Kier molecular flexibility index (Phi) is 12.7. The molecule has 69 heavy (non-hydrogen) atoms. The molecule has 0 amide bonds. The van der Waals surface area contributed by atoms with Crippen molar-refractivity contribution in [3.8, 4) is 44.9 Å². The minimum absolute atomic E-state index is 0.0956. The number of primary sulfonamides is 1. The van der Waals surface area contributed by atoms with E-state index in [1.807, 2.05) is 73.3 Å². The zero-order chi connectivity index (χ0) is 47.0. The van der Waals surface area contributed by atoms with Gasteiger partial charge in [-0.3, -0.25) is 9.80 Å². The third-order valence-electron chi connectivity index (χ3n) is 13.6. The third-order valence-corrected chi connectivity index (χ3v) is 15.1. The molecule has 0 spiro atoms. The van der Waals surface area contributed by atoms with Crippen molar-refractivity contribution < 1.29 is 27.4 Å². The molecule has 4 saturated heterocycles. The number of piperidine rings is 2. The van der Waals surface area contributed by atoms with Gasteiger partial charge in [0, 0.05) is 60.0 Å². The van der Waals surface area contributed by atoms with E-state index in [-0.39, 0.29) is 16.1 Å². The lowest BCUT2D eigenvalue weighted by molar-refractivity contribution is -0.172. The lowest BCUT2D eigenvalue weighted by Gasteiger charge is -2.45. The van der Waals surface area contributed by atoms with Crippen LogP contribution in [0, 0.1) is 0 Å². The highest BCUT2D eigenvalue weighted by Gasteiger charge is 2.44. The topological polar surface area (TPSA) is 164 Å². The predicted molar refractivity (Wildman–Crippen MR) is 268 cm³/mol. The Hall–Kier alpha value is -5.79. The average Bonchev–Trinajstić information content (AvgIpc) is 3.95. The van der Waals surface area contributed by atoms with E-state index in [2.05, 4.69) is 53.0 Å². The van der Waals surface area contributed by atoms with Crippen LogP contribution in [0.15, 0.2) is 131 Å². The highest BCUT2D eigenvalue weighted by Crippen LogP contribution is 2.36. The Balaban J connectivity index is 0.000000162. The van der Waals surface area contributed by atoms with Crippen LogP contribution in [0.4, 0.5) is 0 Å². The van der Waals surface area contributed by atoms with Crippen molar-refractivity contribution in [2.75, 3.05) is 65.7 Å². The molecule has 4 aliphatic rings. The molecule has 17 heteroatoms. The van der Waals surface area contributed by atoms with Crippen molar-refractivity contribution in [1.82, 2.24) is 39.0 Å². The number of hydrogen-bond acceptors (Lipinski definition) is 12. The Morgan fingerprint density at radius 3 is 1.57 bits per heavy atom. The first-order valence-corrected chi connectivity index (χ1v) is 26.0. The van der Waals surface area contributed by atoms with Crippen LogP contribution in [-0.4, -0.2) is 124 Å². The number of aromatic nitrogens is 6. The van der Waals surface area contributed by atoms with Crippen LogP contribution < -0.4 is 14.6 Å². The number of nitrogens with zero attached hydrogens (tertiary/aromatic N) is 8. The van der Waals surface area contributed by atoms with Crippen molar-refractivity contribution >= 4 is 48.0 Å². The van der Waals surface area contributed by atoms with Crippen LogP contribution in [0.25, 0.3) is 55.4 Å². The smallest absolute Gasteiger partial charge is 0.238 e. The molecule has 356 valence electrons. The second-order valence-corrected chi connectivity index (χ2v) is 21.1. The second kappa shape index (κ2) is 19.2. The van der Waals surface area contributed by atoms with E-state index in [1.54, 1.807) is 45.7 Å². The Labute approximate surface area is 409 Å². The molecule has 0 atom stereocenters. The number of halogens is 1. The summed E-state index contributed by atoms with van der Waals surface area (Å²) in [5.74, 6) is 1.72. The van der Waals surface area contributed by atoms with E-state index in [1.165, 1.54) is 51.6 Å². The molecular formula is C52H54BrN9O6S. The lowest BCUT2D eigenvalue weighted by Crippen LogP contribution is -2.61. The summed E-state index contributed by atoms with van der Waals surface area (Å²) in [6.07, 6.45) is 18.9. The molecule has 0 unspecified atom stereocenters. The van der Waals surface area contributed by atoms with Crippen molar-refractivity contribution in [3.63, 3.8) is 0 Å². The van der Waals surface area contributed by atoms with Crippen LogP contribution in [-0.2, 0) is 19.5 Å². The van der Waals surface area contributed by atoms with Crippen molar-refractivity contribution in [2.45, 2.75) is 54.6 Å². The van der Waals surface area contributed by atoms with Crippen molar-refractivity contribution in [3.05, 3.63) is 127 Å². The molecule has 2 N–H and O–H groups in total. The molecule has 15 nitrogen and oxygen atoms in total. The first-order valence-electron chi connectivity index (χ1n) is 23.7. The average molecular weight is 1010 g/mol. The van der Waals surface area contributed by atoms with Gasteiger partial charge in [-0.05, 0) is 120 Å². The van der Waals surface area contributed by atoms with Crippen LogP contribution in [0.1, 0.15) is 38.5 Å². The van der Waals surface area contributed by atoms with E-state index >= 15 is 0 Å². The summed E-state index contributed by atoms with van der Waals surface area (Å²) in [6, 6.07) is 26.9. The number of hydrogen-bond donors (Lipinski definition) is 1. The van der Waals surface area contributed by atoms with E-state index in [4.69, 9.17) is 29.1 Å². The monoisotopic (exact) mass is 1010 g/mol. The summed E-state index contributed by atoms with van der Waals surface area (Å²) in [5, 5.41) is 15.7. The Morgan fingerprint density at radius 1 is 0.565 bits per heavy atom. The van der Waals surface area contributed by atoms with E-state index in [9.17, 15) is 8.42 Å². The molecule has 8 heterocycles. The Morgan fingerprint density at radius 2 is 1.06 bits per heavy atom. The van der Waals surface area contributed by atoms with Crippen LogP contribution in [0.5, 0.6) is 11.5 Å². The molecule has 0 radical (unpaired) electrons. The van der Waals surface area contributed by atoms with Gasteiger partial charge in [0.25, 0.3) is 0 Å². The minimum atomic E-state index is -3.87. The maximum atomic E-state index is 12.2. The van der Waals surface area contributed by atoms with Gasteiger partial charge < -0.3 is 18.9 Å². The van der Waals surface area contributed by atoms with Gasteiger partial charge in [-0.25, -0.2) is 32.6 Å². The first kappa shape index (κ1) is 45.6. The van der Waals surface area contributed by atoms with Gasteiger partial charge in [0.05, 0.1) is 48.2 Å². The second-order valence-electron chi connectivity index (χ2n) is 18.8. The lowest BCUT2D eigenvalue weighted by atomic mass is 9.99. The molecule has 12 rings (SSSR count). The summed E-state index contributed by atoms with van der Waals surface area (Å²) < 4.78 is 52.7. The summed E-state index contributed by atoms with van der Waals surface area (Å²) >= 11 is 3.46. The summed E-state index contributed by atoms with van der Waals surface area (Å²) in [6.45, 7) is 9.02. The molecule has 4 aromatic carbocycles. The molecular weight excluding hydrogens is 959 g/mol. The summed E-state index contributed by atoms with van der Waals surface area (Å²) in [5.41, 5.74) is 6.67. The molecule has 4 aliphatic heterocycles. The van der Waals surface area contributed by atoms with Crippen LogP contribution in [0.2, 0.25) is 0 Å². The summed E-state index contributed by atoms with van der Waals surface area (Å²) in [4.78, 5) is 14.3. The molecule has 4 fully saturated rings. The quantitative estimate of drug-likeness (QED) is 0.125. The maximum Gasteiger partial charge on any atom is 0.238 e. The highest BCUT2D eigenvalue weighted by molar-refractivity contribution is 9.10.